The van der Waals surface area contributed by atoms with E-state index in [1.165, 1.54) is 0 Å². The molecule has 1 aliphatic rings. The van der Waals surface area contributed by atoms with Gasteiger partial charge in [-0.3, -0.25) is 5.10 Å². The van der Waals surface area contributed by atoms with Gasteiger partial charge in [-0.1, -0.05) is 0 Å². The predicted octanol–water partition coefficient (Wildman–Crippen LogP) is 1.06. The number of aromatic nitrogens is 3. The van der Waals surface area contributed by atoms with Crippen LogP contribution in [-0.2, 0) is 11.3 Å². The lowest BCUT2D eigenvalue weighted by molar-refractivity contribution is -0.177. The first-order chi connectivity index (χ1) is 9.48. The number of piperidine rings is 1. The molecule has 0 aromatic carbocycles. The zero-order valence-corrected chi connectivity index (χ0v) is 11.0. The Balaban J connectivity index is 1.85. The van der Waals surface area contributed by atoms with Gasteiger partial charge in [0.25, 0.3) is 0 Å². The number of anilines is 1. The van der Waals surface area contributed by atoms with Crippen LogP contribution in [-0.4, -0.2) is 47.6 Å². The molecule has 0 saturated carbocycles. The Morgan fingerprint density at radius 1 is 1.45 bits per heavy atom. The van der Waals surface area contributed by atoms with Crippen molar-refractivity contribution in [2.75, 3.05) is 31.1 Å². The second-order valence-electron chi connectivity index (χ2n) is 4.88. The Morgan fingerprint density at radius 2 is 2.25 bits per heavy atom. The smallest absolute Gasteiger partial charge is 0.364 e. The highest BCUT2D eigenvalue weighted by molar-refractivity contribution is 5.29. The average Bonchev–Trinajstić information content (AvgIpc) is 2.86. The summed E-state index contributed by atoms with van der Waals surface area (Å²) in [6.45, 7) is 0.694. The lowest BCUT2D eigenvalue weighted by Gasteiger charge is -2.31. The van der Waals surface area contributed by atoms with Crippen molar-refractivity contribution in [2.45, 2.75) is 25.6 Å². The number of ether oxygens (including phenoxy) is 1. The highest BCUT2D eigenvalue weighted by atomic mass is 19.4. The molecule has 0 aliphatic carbocycles. The van der Waals surface area contributed by atoms with Gasteiger partial charge in [0.1, 0.15) is 13.2 Å². The quantitative estimate of drug-likeness (QED) is 0.848. The summed E-state index contributed by atoms with van der Waals surface area (Å²) in [4.78, 5) is 6.14. The Hall–Kier alpha value is -1.35. The van der Waals surface area contributed by atoms with Crippen molar-refractivity contribution >= 4 is 5.95 Å². The molecule has 0 spiro atoms. The topological polar surface area (TPSA) is 80.1 Å². The fourth-order valence-electron chi connectivity index (χ4n) is 2.19. The average molecular weight is 293 g/mol. The highest BCUT2D eigenvalue weighted by Gasteiger charge is 2.27. The van der Waals surface area contributed by atoms with Gasteiger partial charge in [-0.05, 0) is 25.3 Å². The molecule has 2 heterocycles. The molecule has 0 amide bonds. The van der Waals surface area contributed by atoms with Crippen molar-refractivity contribution in [3.05, 3.63) is 5.82 Å². The maximum atomic E-state index is 11.9. The number of nitrogens with zero attached hydrogens (tertiary/aromatic N) is 3. The molecule has 0 radical (unpaired) electrons. The summed E-state index contributed by atoms with van der Waals surface area (Å²) in [6.07, 6.45) is -2.24. The monoisotopic (exact) mass is 293 g/mol. The van der Waals surface area contributed by atoms with Crippen molar-refractivity contribution < 1.29 is 17.9 Å². The Labute approximate surface area is 114 Å². The van der Waals surface area contributed by atoms with Crippen molar-refractivity contribution in [1.82, 2.24) is 15.2 Å². The first kappa shape index (κ1) is 15.0. The van der Waals surface area contributed by atoms with Gasteiger partial charge in [-0.15, -0.1) is 5.10 Å². The van der Waals surface area contributed by atoms with Gasteiger partial charge in [0.05, 0.1) is 0 Å². The van der Waals surface area contributed by atoms with Crippen molar-refractivity contribution in [3.8, 4) is 0 Å². The predicted molar refractivity (Wildman–Crippen MR) is 66.1 cm³/mol. The molecular formula is C11H18F3N5O. The van der Waals surface area contributed by atoms with Crippen LogP contribution >= 0.6 is 0 Å². The van der Waals surface area contributed by atoms with Crippen LogP contribution in [0.4, 0.5) is 19.1 Å². The maximum Gasteiger partial charge on any atom is 0.411 e. The molecule has 1 unspecified atom stereocenters. The van der Waals surface area contributed by atoms with Crippen LogP contribution < -0.4 is 10.6 Å². The molecule has 3 N–H and O–H groups in total. The van der Waals surface area contributed by atoms with Gasteiger partial charge in [0.2, 0.25) is 5.95 Å². The first-order valence-electron chi connectivity index (χ1n) is 6.48. The SMILES string of the molecule is NCC1CCCN(c2n[nH]c(COCC(F)(F)F)n2)C1. The number of H-pyrrole nitrogens is 1. The lowest BCUT2D eigenvalue weighted by atomic mass is 9.99. The Morgan fingerprint density at radius 3 is 2.95 bits per heavy atom. The molecule has 114 valence electrons. The Bertz CT molecular complexity index is 422. The fraction of sp³-hybridized carbons (Fsp3) is 0.818. The van der Waals surface area contributed by atoms with Gasteiger partial charge in [0.15, 0.2) is 5.82 Å². The van der Waals surface area contributed by atoms with Crippen LogP contribution in [0.25, 0.3) is 0 Å². The van der Waals surface area contributed by atoms with E-state index in [0.717, 1.165) is 25.9 Å². The summed E-state index contributed by atoms with van der Waals surface area (Å²) in [6, 6.07) is 0. The van der Waals surface area contributed by atoms with Gasteiger partial charge in [0, 0.05) is 13.1 Å². The summed E-state index contributed by atoms with van der Waals surface area (Å²) in [5.74, 6) is 1.19. The zero-order valence-electron chi connectivity index (χ0n) is 11.0. The third kappa shape index (κ3) is 4.34. The van der Waals surface area contributed by atoms with Crippen molar-refractivity contribution in [2.24, 2.45) is 11.7 Å². The molecule has 9 heteroatoms. The number of halogens is 3. The minimum atomic E-state index is -4.33. The van der Waals surface area contributed by atoms with E-state index >= 15 is 0 Å². The number of aromatic amines is 1. The normalized spacial score (nSPS) is 20.4. The van der Waals surface area contributed by atoms with Crippen LogP contribution in [0.15, 0.2) is 0 Å². The summed E-state index contributed by atoms with van der Waals surface area (Å²) in [7, 11) is 0. The van der Waals surface area contributed by atoms with E-state index in [1.54, 1.807) is 0 Å². The zero-order chi connectivity index (χ0) is 14.6. The molecule has 6 nitrogen and oxygen atoms in total. The fourth-order valence-corrected chi connectivity index (χ4v) is 2.19. The number of hydrogen-bond donors (Lipinski definition) is 2. The lowest BCUT2D eigenvalue weighted by Crippen LogP contribution is -2.39. The molecule has 0 bridgehead atoms. The minimum absolute atomic E-state index is 0.235. The van der Waals surface area contributed by atoms with E-state index in [1.807, 2.05) is 4.90 Å². The first-order valence-corrected chi connectivity index (χ1v) is 6.48. The molecule has 1 fully saturated rings. The summed E-state index contributed by atoms with van der Waals surface area (Å²) >= 11 is 0. The number of alkyl halides is 3. The molecule has 1 aromatic heterocycles. The standard InChI is InChI=1S/C11H18F3N5O/c12-11(13,14)7-20-6-9-16-10(18-17-9)19-3-1-2-8(4-15)5-19/h8H,1-7,15H2,(H,16,17,18). The second kappa shape index (κ2) is 6.40. The number of nitrogens with one attached hydrogen (secondary N) is 1. The van der Waals surface area contributed by atoms with E-state index in [9.17, 15) is 13.2 Å². The molecule has 2 rings (SSSR count). The second-order valence-corrected chi connectivity index (χ2v) is 4.88. The van der Waals surface area contributed by atoms with Gasteiger partial charge in [-0.25, -0.2) is 0 Å². The number of hydrogen-bond acceptors (Lipinski definition) is 5. The highest BCUT2D eigenvalue weighted by Crippen LogP contribution is 2.20. The molecule has 1 atom stereocenters. The summed E-state index contributed by atoms with van der Waals surface area (Å²) < 4.78 is 40.4. The van der Waals surface area contributed by atoms with Crippen LogP contribution in [0.5, 0.6) is 0 Å². The molecule has 20 heavy (non-hydrogen) atoms. The minimum Gasteiger partial charge on any atom is -0.364 e. The van der Waals surface area contributed by atoms with Gasteiger partial charge < -0.3 is 15.4 Å². The van der Waals surface area contributed by atoms with Gasteiger partial charge >= 0.3 is 6.18 Å². The van der Waals surface area contributed by atoms with Crippen LogP contribution in [0, 0.1) is 5.92 Å². The van der Waals surface area contributed by atoms with Crippen LogP contribution in [0.3, 0.4) is 0 Å². The summed E-state index contributed by atoms with van der Waals surface area (Å²) in [5, 5.41) is 6.61. The maximum absolute atomic E-state index is 11.9. The third-order valence-electron chi connectivity index (χ3n) is 3.16. The molecule has 1 aromatic rings. The number of nitrogens with two attached hydrogens (primary N) is 1. The van der Waals surface area contributed by atoms with E-state index in [-0.39, 0.29) is 6.61 Å². The largest absolute Gasteiger partial charge is 0.411 e. The molecule has 1 aliphatic heterocycles. The van der Waals surface area contributed by atoms with Gasteiger partial charge in [-0.2, -0.15) is 18.2 Å². The number of rotatable bonds is 5. The van der Waals surface area contributed by atoms with Crippen molar-refractivity contribution in [3.63, 3.8) is 0 Å². The van der Waals surface area contributed by atoms with E-state index in [0.29, 0.717) is 24.2 Å². The molecular weight excluding hydrogens is 275 g/mol. The van der Waals surface area contributed by atoms with E-state index in [4.69, 9.17) is 5.73 Å². The van der Waals surface area contributed by atoms with E-state index in [2.05, 4.69) is 19.9 Å². The molecule has 1 saturated heterocycles. The Kier molecular flexibility index (Phi) is 4.81. The van der Waals surface area contributed by atoms with Crippen molar-refractivity contribution in [1.29, 1.82) is 0 Å². The van der Waals surface area contributed by atoms with Crippen LogP contribution in [0.1, 0.15) is 18.7 Å². The van der Waals surface area contributed by atoms with E-state index < -0.39 is 12.8 Å². The van der Waals surface area contributed by atoms with Crippen LogP contribution in [0.2, 0.25) is 0 Å². The summed E-state index contributed by atoms with van der Waals surface area (Å²) in [5.41, 5.74) is 5.65. The third-order valence-corrected chi connectivity index (χ3v) is 3.16.